The monoisotopic (exact) mass is 205 g/mol. The van der Waals surface area contributed by atoms with Crippen LogP contribution in [0, 0.1) is 5.92 Å². The average molecular weight is 205 g/mol. The molecule has 0 aliphatic heterocycles. The number of carbonyl (C=O) groups is 1. The maximum Gasteiger partial charge on any atom is 0.212 e. The van der Waals surface area contributed by atoms with Gasteiger partial charge in [0.2, 0.25) is 5.88 Å². The first-order valence-electron chi connectivity index (χ1n) is 5.31. The summed E-state index contributed by atoms with van der Waals surface area (Å²) in [7, 11) is 1.58. The van der Waals surface area contributed by atoms with Crippen LogP contribution in [0.15, 0.2) is 18.3 Å². The van der Waals surface area contributed by atoms with Crippen LogP contribution in [0.1, 0.15) is 24.8 Å². The molecule has 1 aromatic heterocycles. The summed E-state index contributed by atoms with van der Waals surface area (Å²) in [5.41, 5.74) is 0.979. The number of carbonyl (C=O) groups excluding carboxylic acids is 1. The minimum absolute atomic E-state index is 0.312. The molecule has 0 amide bonds. The molecule has 1 aliphatic rings. The first-order chi connectivity index (χ1) is 7.29. The van der Waals surface area contributed by atoms with Crippen molar-refractivity contribution in [2.45, 2.75) is 25.7 Å². The molecule has 80 valence electrons. The highest BCUT2D eigenvalue weighted by molar-refractivity contribution is 5.83. The predicted molar refractivity (Wildman–Crippen MR) is 56.8 cm³/mol. The van der Waals surface area contributed by atoms with Crippen molar-refractivity contribution in [1.29, 1.82) is 0 Å². The van der Waals surface area contributed by atoms with Gasteiger partial charge in [-0.05, 0) is 18.4 Å². The van der Waals surface area contributed by atoms with E-state index in [1.165, 1.54) is 6.42 Å². The number of pyridine rings is 1. The molecule has 3 nitrogen and oxygen atoms in total. The standard InChI is InChI=1S/C12H15NO2/c1-15-12-6-5-9(8-13-12)7-11(14)10-3-2-4-10/h5-6,8,10H,2-4,7H2,1H3. The largest absolute Gasteiger partial charge is 0.481 e. The van der Waals surface area contributed by atoms with Crippen molar-refractivity contribution in [3.05, 3.63) is 23.9 Å². The highest BCUT2D eigenvalue weighted by Crippen LogP contribution is 2.28. The van der Waals surface area contributed by atoms with Gasteiger partial charge in [0.25, 0.3) is 0 Å². The van der Waals surface area contributed by atoms with Crippen molar-refractivity contribution in [1.82, 2.24) is 4.98 Å². The summed E-state index contributed by atoms with van der Waals surface area (Å²) < 4.78 is 4.96. The third-order valence-electron chi connectivity index (χ3n) is 2.95. The summed E-state index contributed by atoms with van der Waals surface area (Å²) in [5, 5.41) is 0. The SMILES string of the molecule is COc1ccc(CC(=O)C2CCC2)cn1. The molecule has 0 atom stereocenters. The zero-order valence-corrected chi connectivity index (χ0v) is 8.90. The van der Waals surface area contributed by atoms with E-state index in [2.05, 4.69) is 4.98 Å². The Morgan fingerprint density at radius 1 is 1.53 bits per heavy atom. The molecule has 0 N–H and O–H groups in total. The van der Waals surface area contributed by atoms with Gasteiger partial charge >= 0.3 is 0 Å². The Kier molecular flexibility index (Phi) is 2.99. The van der Waals surface area contributed by atoms with Crippen LogP contribution in [-0.4, -0.2) is 17.9 Å². The highest BCUT2D eigenvalue weighted by Gasteiger charge is 2.24. The number of ether oxygens (including phenoxy) is 1. The molecule has 1 saturated carbocycles. The zero-order valence-electron chi connectivity index (χ0n) is 8.90. The van der Waals surface area contributed by atoms with E-state index in [0.717, 1.165) is 18.4 Å². The van der Waals surface area contributed by atoms with Crippen LogP contribution in [0.4, 0.5) is 0 Å². The molecular weight excluding hydrogens is 190 g/mol. The van der Waals surface area contributed by atoms with Gasteiger partial charge in [-0.25, -0.2) is 4.98 Å². The molecule has 0 bridgehead atoms. The summed E-state index contributed by atoms with van der Waals surface area (Å²) in [4.78, 5) is 15.8. The normalized spacial score (nSPS) is 15.8. The smallest absolute Gasteiger partial charge is 0.212 e. The molecular formula is C12H15NO2. The van der Waals surface area contributed by atoms with Gasteiger partial charge in [0.15, 0.2) is 0 Å². The molecule has 1 heterocycles. The van der Waals surface area contributed by atoms with E-state index in [4.69, 9.17) is 4.74 Å². The maximum absolute atomic E-state index is 11.7. The van der Waals surface area contributed by atoms with Crippen molar-refractivity contribution >= 4 is 5.78 Å². The number of hydrogen-bond donors (Lipinski definition) is 0. The van der Waals surface area contributed by atoms with Gasteiger partial charge in [0.1, 0.15) is 5.78 Å². The third kappa shape index (κ3) is 2.35. The Bertz CT molecular complexity index is 341. The summed E-state index contributed by atoms with van der Waals surface area (Å²) in [6.45, 7) is 0. The van der Waals surface area contributed by atoms with Gasteiger partial charge in [-0.15, -0.1) is 0 Å². The predicted octanol–water partition coefficient (Wildman–Crippen LogP) is 2.00. The fraction of sp³-hybridized carbons (Fsp3) is 0.500. The van der Waals surface area contributed by atoms with E-state index >= 15 is 0 Å². The number of Topliss-reactive ketones (excluding diaryl/α,β-unsaturated/α-hetero) is 1. The lowest BCUT2D eigenvalue weighted by atomic mass is 9.80. The molecule has 1 aliphatic carbocycles. The van der Waals surface area contributed by atoms with Crippen molar-refractivity contribution < 1.29 is 9.53 Å². The summed E-state index contributed by atoms with van der Waals surface area (Å²) >= 11 is 0. The van der Waals surface area contributed by atoms with Crippen LogP contribution in [0.2, 0.25) is 0 Å². The van der Waals surface area contributed by atoms with Gasteiger partial charge in [0.05, 0.1) is 7.11 Å². The fourth-order valence-corrected chi connectivity index (χ4v) is 1.71. The van der Waals surface area contributed by atoms with Crippen molar-refractivity contribution in [2.75, 3.05) is 7.11 Å². The first-order valence-corrected chi connectivity index (χ1v) is 5.31. The van der Waals surface area contributed by atoms with Gasteiger partial charge in [0, 0.05) is 24.6 Å². The summed E-state index contributed by atoms with van der Waals surface area (Å²) in [6.07, 6.45) is 5.58. The molecule has 0 spiro atoms. The average Bonchev–Trinajstić information content (AvgIpc) is 2.16. The van der Waals surface area contributed by atoms with Crippen LogP contribution in [-0.2, 0) is 11.2 Å². The first kappa shape index (κ1) is 10.1. The van der Waals surface area contributed by atoms with Gasteiger partial charge in [-0.2, -0.15) is 0 Å². The molecule has 1 fully saturated rings. The van der Waals surface area contributed by atoms with Crippen LogP contribution >= 0.6 is 0 Å². The number of ketones is 1. The minimum Gasteiger partial charge on any atom is -0.481 e. The van der Waals surface area contributed by atoms with Crippen molar-refractivity contribution in [3.63, 3.8) is 0 Å². The molecule has 2 rings (SSSR count). The number of nitrogens with zero attached hydrogens (tertiary/aromatic N) is 1. The van der Waals surface area contributed by atoms with Gasteiger partial charge < -0.3 is 4.74 Å². The van der Waals surface area contributed by atoms with Crippen LogP contribution in [0.5, 0.6) is 5.88 Å². The third-order valence-corrected chi connectivity index (χ3v) is 2.95. The van der Waals surface area contributed by atoms with Crippen molar-refractivity contribution in [2.24, 2.45) is 5.92 Å². The quantitative estimate of drug-likeness (QED) is 0.754. The van der Waals surface area contributed by atoms with Crippen LogP contribution in [0.3, 0.4) is 0 Å². The second kappa shape index (κ2) is 4.43. The maximum atomic E-state index is 11.7. The molecule has 15 heavy (non-hydrogen) atoms. The fourth-order valence-electron chi connectivity index (χ4n) is 1.71. The molecule has 0 unspecified atom stereocenters. The molecule has 0 saturated heterocycles. The van der Waals surface area contributed by atoms with Crippen LogP contribution in [0.25, 0.3) is 0 Å². The second-order valence-corrected chi connectivity index (χ2v) is 3.98. The molecule has 0 radical (unpaired) electrons. The number of rotatable bonds is 4. The summed E-state index contributed by atoms with van der Waals surface area (Å²) in [5.74, 6) is 1.26. The Morgan fingerprint density at radius 2 is 2.33 bits per heavy atom. The Hall–Kier alpha value is -1.38. The number of aromatic nitrogens is 1. The van der Waals surface area contributed by atoms with Gasteiger partial charge in [-0.1, -0.05) is 12.5 Å². The summed E-state index contributed by atoms with van der Waals surface area (Å²) in [6, 6.07) is 3.70. The zero-order chi connectivity index (χ0) is 10.7. The molecule has 1 aromatic rings. The van der Waals surface area contributed by atoms with E-state index in [0.29, 0.717) is 24.0 Å². The number of methoxy groups -OCH3 is 1. The van der Waals surface area contributed by atoms with E-state index in [1.807, 2.05) is 6.07 Å². The highest BCUT2D eigenvalue weighted by atomic mass is 16.5. The van der Waals surface area contributed by atoms with E-state index in [-0.39, 0.29) is 0 Å². The van der Waals surface area contributed by atoms with Crippen molar-refractivity contribution in [3.8, 4) is 5.88 Å². The van der Waals surface area contributed by atoms with Crippen LogP contribution < -0.4 is 4.74 Å². The second-order valence-electron chi connectivity index (χ2n) is 3.98. The lowest BCUT2D eigenvalue weighted by molar-refractivity contribution is -0.124. The lowest BCUT2D eigenvalue weighted by Crippen LogP contribution is -2.23. The van der Waals surface area contributed by atoms with E-state index in [1.54, 1.807) is 19.4 Å². The number of hydrogen-bond acceptors (Lipinski definition) is 3. The minimum atomic E-state index is 0.312. The molecule has 3 heteroatoms. The Morgan fingerprint density at radius 3 is 2.80 bits per heavy atom. The van der Waals surface area contributed by atoms with Gasteiger partial charge in [-0.3, -0.25) is 4.79 Å². The van der Waals surface area contributed by atoms with E-state index < -0.39 is 0 Å². The Balaban J connectivity index is 1.94. The van der Waals surface area contributed by atoms with E-state index in [9.17, 15) is 4.79 Å². The Labute approximate surface area is 89.5 Å². The molecule has 0 aromatic carbocycles. The lowest BCUT2D eigenvalue weighted by Gasteiger charge is -2.23. The topological polar surface area (TPSA) is 39.2 Å².